The number of ketones is 1. The summed E-state index contributed by atoms with van der Waals surface area (Å²) in [5, 5.41) is 0.295. The molecule has 2 aromatic heterocycles. The molecule has 1 aliphatic carbocycles. The van der Waals surface area contributed by atoms with Gasteiger partial charge in [0.05, 0.1) is 16.9 Å². The van der Waals surface area contributed by atoms with Gasteiger partial charge in [-0.05, 0) is 54.7 Å². The highest BCUT2D eigenvalue weighted by atomic mass is 35.5. The zero-order valence-electron chi connectivity index (χ0n) is 16.3. The molecule has 2 heterocycles. The SMILES string of the molecule is Cl.O=C(Cc1c(F)cccc1F)c1nc2c(s1)-c1cc(-n3ccnc3)ccc1CCC2. The highest BCUT2D eigenvalue weighted by Crippen LogP contribution is 2.38. The van der Waals surface area contributed by atoms with Crippen molar-refractivity contribution in [3.8, 4) is 16.1 Å². The monoisotopic (exact) mass is 457 g/mol. The average molecular weight is 458 g/mol. The van der Waals surface area contributed by atoms with E-state index >= 15 is 0 Å². The number of aryl methyl sites for hydroxylation is 2. The van der Waals surface area contributed by atoms with Gasteiger partial charge >= 0.3 is 0 Å². The summed E-state index contributed by atoms with van der Waals surface area (Å²) in [7, 11) is 0. The average Bonchev–Trinajstić information content (AvgIpc) is 3.39. The number of carbonyl (C=O) groups excluding carboxylic acids is 1. The highest BCUT2D eigenvalue weighted by Gasteiger charge is 2.24. The van der Waals surface area contributed by atoms with Crippen molar-refractivity contribution in [3.05, 3.63) is 88.6 Å². The highest BCUT2D eigenvalue weighted by molar-refractivity contribution is 7.17. The van der Waals surface area contributed by atoms with Crippen LogP contribution >= 0.6 is 23.7 Å². The Morgan fingerprint density at radius 2 is 1.94 bits per heavy atom. The van der Waals surface area contributed by atoms with Crippen molar-refractivity contribution in [1.29, 1.82) is 0 Å². The van der Waals surface area contributed by atoms with E-state index in [0.717, 1.165) is 53.2 Å². The lowest BCUT2D eigenvalue weighted by atomic mass is 10.0. The normalized spacial score (nSPS) is 12.5. The summed E-state index contributed by atoms with van der Waals surface area (Å²) < 4.78 is 29.9. The fourth-order valence-corrected chi connectivity index (χ4v) is 4.90. The summed E-state index contributed by atoms with van der Waals surface area (Å²) in [4.78, 5) is 22.4. The zero-order valence-corrected chi connectivity index (χ0v) is 18.0. The van der Waals surface area contributed by atoms with Crippen LogP contribution in [0.25, 0.3) is 16.1 Å². The Morgan fingerprint density at radius 1 is 1.13 bits per heavy atom. The first-order valence-corrected chi connectivity index (χ1v) is 10.5. The fraction of sp³-hybridized carbons (Fsp3) is 0.174. The van der Waals surface area contributed by atoms with E-state index in [2.05, 4.69) is 28.2 Å². The number of imidazole rings is 1. The molecule has 1 aliphatic rings. The minimum atomic E-state index is -0.711. The molecule has 8 heteroatoms. The summed E-state index contributed by atoms with van der Waals surface area (Å²) in [6, 6.07) is 9.87. The number of aromatic nitrogens is 3. The van der Waals surface area contributed by atoms with E-state index in [9.17, 15) is 13.6 Å². The maximum absolute atomic E-state index is 14.0. The number of fused-ring (bicyclic) bond motifs is 3. The van der Waals surface area contributed by atoms with Gasteiger partial charge < -0.3 is 4.57 Å². The maximum atomic E-state index is 14.0. The van der Waals surface area contributed by atoms with Crippen LogP contribution in [-0.2, 0) is 19.3 Å². The number of nitrogens with zero attached hydrogens (tertiary/aromatic N) is 3. The first kappa shape index (κ1) is 21.3. The number of halogens is 3. The van der Waals surface area contributed by atoms with E-state index in [4.69, 9.17) is 0 Å². The lowest BCUT2D eigenvalue weighted by molar-refractivity contribution is 0.0990. The van der Waals surface area contributed by atoms with Crippen molar-refractivity contribution >= 4 is 29.5 Å². The molecule has 0 atom stereocenters. The largest absolute Gasteiger partial charge is 0.306 e. The topological polar surface area (TPSA) is 47.8 Å². The van der Waals surface area contributed by atoms with Gasteiger partial charge in [-0.25, -0.2) is 18.7 Å². The van der Waals surface area contributed by atoms with E-state index in [0.29, 0.717) is 5.01 Å². The molecule has 5 rings (SSSR count). The van der Waals surface area contributed by atoms with Gasteiger partial charge in [0.25, 0.3) is 0 Å². The minimum absolute atomic E-state index is 0. The zero-order chi connectivity index (χ0) is 20.7. The van der Waals surface area contributed by atoms with E-state index in [-0.39, 0.29) is 30.2 Å². The minimum Gasteiger partial charge on any atom is -0.306 e. The molecular weight excluding hydrogens is 440 g/mol. The van der Waals surface area contributed by atoms with Crippen LogP contribution in [0.1, 0.15) is 33.0 Å². The van der Waals surface area contributed by atoms with Crippen molar-refractivity contribution in [1.82, 2.24) is 14.5 Å². The summed E-state index contributed by atoms with van der Waals surface area (Å²) in [6.07, 6.45) is 7.64. The second kappa shape index (κ2) is 8.69. The van der Waals surface area contributed by atoms with Crippen LogP contribution in [0.4, 0.5) is 8.78 Å². The van der Waals surface area contributed by atoms with Crippen LogP contribution in [0.15, 0.2) is 55.1 Å². The Bertz CT molecular complexity index is 1230. The fourth-order valence-electron chi connectivity index (χ4n) is 3.80. The molecule has 0 aliphatic heterocycles. The summed E-state index contributed by atoms with van der Waals surface area (Å²) in [5.41, 5.74) is 3.91. The van der Waals surface area contributed by atoms with Gasteiger partial charge in [0.15, 0.2) is 10.8 Å². The molecule has 4 nitrogen and oxygen atoms in total. The molecule has 0 amide bonds. The molecule has 0 bridgehead atoms. The van der Waals surface area contributed by atoms with Gasteiger partial charge in [-0.15, -0.1) is 23.7 Å². The van der Waals surface area contributed by atoms with E-state index < -0.39 is 11.6 Å². The van der Waals surface area contributed by atoms with Crippen molar-refractivity contribution in [2.75, 3.05) is 0 Å². The third kappa shape index (κ3) is 4.03. The van der Waals surface area contributed by atoms with E-state index in [1.807, 2.05) is 10.8 Å². The molecule has 2 aromatic carbocycles. The van der Waals surface area contributed by atoms with Crippen LogP contribution in [0.3, 0.4) is 0 Å². The van der Waals surface area contributed by atoms with E-state index in [1.54, 1.807) is 12.5 Å². The molecule has 0 N–H and O–H groups in total. The van der Waals surface area contributed by atoms with Gasteiger partial charge in [-0.1, -0.05) is 12.1 Å². The van der Waals surface area contributed by atoms with Crippen molar-refractivity contribution in [2.45, 2.75) is 25.7 Å². The lowest BCUT2D eigenvalue weighted by Crippen LogP contribution is -2.07. The second-order valence-electron chi connectivity index (χ2n) is 7.26. The van der Waals surface area contributed by atoms with Crippen molar-refractivity contribution in [3.63, 3.8) is 0 Å². The van der Waals surface area contributed by atoms with Crippen molar-refractivity contribution < 1.29 is 13.6 Å². The molecular formula is C23H18ClF2N3OS. The molecule has 0 radical (unpaired) electrons. The predicted octanol–water partition coefficient (Wildman–Crippen LogP) is 5.61. The maximum Gasteiger partial charge on any atom is 0.195 e. The third-order valence-electron chi connectivity index (χ3n) is 5.34. The van der Waals surface area contributed by atoms with Crippen LogP contribution in [0.2, 0.25) is 0 Å². The quantitative estimate of drug-likeness (QED) is 0.374. The van der Waals surface area contributed by atoms with Gasteiger partial charge in [-0.2, -0.15) is 0 Å². The van der Waals surface area contributed by atoms with E-state index in [1.165, 1.54) is 23.0 Å². The molecule has 0 fully saturated rings. The Labute approximate surface area is 188 Å². The van der Waals surface area contributed by atoms with Gasteiger partial charge in [0.2, 0.25) is 0 Å². The molecule has 31 heavy (non-hydrogen) atoms. The van der Waals surface area contributed by atoms with Crippen LogP contribution in [0.5, 0.6) is 0 Å². The van der Waals surface area contributed by atoms with Crippen LogP contribution < -0.4 is 0 Å². The van der Waals surface area contributed by atoms with Gasteiger partial charge in [0, 0.05) is 30.1 Å². The van der Waals surface area contributed by atoms with Gasteiger partial charge in [-0.3, -0.25) is 4.79 Å². The lowest BCUT2D eigenvalue weighted by Gasteiger charge is -2.09. The van der Waals surface area contributed by atoms with Crippen LogP contribution in [0, 0.1) is 11.6 Å². The molecule has 0 unspecified atom stereocenters. The first-order chi connectivity index (χ1) is 14.6. The predicted molar refractivity (Wildman–Crippen MR) is 118 cm³/mol. The summed E-state index contributed by atoms with van der Waals surface area (Å²) in [6.45, 7) is 0. The Morgan fingerprint density at radius 3 is 2.68 bits per heavy atom. The Hall–Kier alpha value is -2.90. The second-order valence-corrected chi connectivity index (χ2v) is 8.26. The summed E-state index contributed by atoms with van der Waals surface area (Å²) in [5.74, 6) is -1.79. The molecule has 0 spiro atoms. The summed E-state index contributed by atoms with van der Waals surface area (Å²) >= 11 is 1.31. The molecule has 0 saturated heterocycles. The number of hydrogen-bond donors (Lipinski definition) is 0. The molecule has 0 saturated carbocycles. The number of hydrogen-bond acceptors (Lipinski definition) is 4. The smallest absolute Gasteiger partial charge is 0.195 e. The third-order valence-corrected chi connectivity index (χ3v) is 6.51. The number of rotatable bonds is 4. The van der Waals surface area contributed by atoms with Crippen LogP contribution in [-0.4, -0.2) is 20.3 Å². The number of benzene rings is 2. The number of carbonyl (C=O) groups is 1. The first-order valence-electron chi connectivity index (χ1n) is 9.67. The standard InChI is InChI=1S/C23H17F2N3OS.ClH/c24-18-4-2-5-19(25)17(18)12-21(29)23-27-20-6-1-3-14-7-8-15(28-10-9-26-13-28)11-16(14)22(20)30-23;/h2,4-5,7-11,13H,1,3,6,12H2;1H. The Balaban J connectivity index is 0.00000231. The number of thiazole rings is 1. The number of Topliss-reactive ketones (excluding diaryl/α,β-unsaturated/α-hetero) is 1. The van der Waals surface area contributed by atoms with Gasteiger partial charge in [0.1, 0.15) is 11.6 Å². The molecule has 158 valence electrons. The molecule has 4 aromatic rings. The van der Waals surface area contributed by atoms with Crippen molar-refractivity contribution in [2.24, 2.45) is 0 Å². The Kier molecular flexibility index (Phi) is 5.98.